The fourth-order valence-electron chi connectivity index (χ4n) is 3.82. The molecule has 2 atom stereocenters. The minimum atomic E-state index is -0.435. The maximum absolute atomic E-state index is 10.3. The quantitative estimate of drug-likeness (QED) is 0.613. The fourth-order valence-corrected chi connectivity index (χ4v) is 3.82. The first-order valence-corrected chi connectivity index (χ1v) is 10.2. The molecule has 0 aliphatic heterocycles. The van der Waals surface area contributed by atoms with Crippen LogP contribution in [-0.4, -0.2) is 38.5 Å². The molecule has 0 radical (unpaired) electrons. The Kier molecular flexibility index (Phi) is 7.41. The normalized spacial score (nSPS) is 17.7. The van der Waals surface area contributed by atoms with Crippen molar-refractivity contribution in [1.82, 2.24) is 0 Å². The van der Waals surface area contributed by atoms with Gasteiger partial charge in [-0.2, -0.15) is 0 Å². The maximum atomic E-state index is 10.3. The van der Waals surface area contributed by atoms with Crippen LogP contribution in [0.2, 0.25) is 0 Å². The second kappa shape index (κ2) is 10.00. The number of hydrogen-bond acceptors (Lipinski definition) is 2. The lowest BCUT2D eigenvalue weighted by molar-refractivity contribution is -0.872. The highest BCUT2D eigenvalue weighted by molar-refractivity contribution is 5.31. The van der Waals surface area contributed by atoms with E-state index >= 15 is 0 Å². The lowest BCUT2D eigenvalue weighted by Crippen LogP contribution is -3.04. The summed E-state index contributed by atoms with van der Waals surface area (Å²) in [6, 6.07) is 17.3. The summed E-state index contributed by atoms with van der Waals surface area (Å²) in [5.41, 5.74) is 5.36. The maximum Gasteiger partial charge on any atom is 0.126 e. The standard InChI is InChI=1S/C23H32N2O2/c1-25(2)16-19-12-10-18(11-13-19)14-24-15-21(26)17-27-23-9-5-7-20-6-3-4-8-22(20)23/h3-4,6,8,10-13,21,23-24,26H,5,7,9,14-17H2,1-2H3/p+2/t21-,23-/m1/s1. The molecule has 0 spiro atoms. The van der Waals surface area contributed by atoms with Gasteiger partial charge in [-0.05, 0) is 30.4 Å². The van der Waals surface area contributed by atoms with Crippen LogP contribution in [0.3, 0.4) is 0 Å². The molecule has 2 aromatic carbocycles. The van der Waals surface area contributed by atoms with Crippen LogP contribution in [0.1, 0.15) is 41.2 Å². The van der Waals surface area contributed by atoms with Gasteiger partial charge in [0, 0.05) is 11.1 Å². The minimum Gasteiger partial charge on any atom is -0.385 e. The molecule has 0 amide bonds. The van der Waals surface area contributed by atoms with Gasteiger partial charge in [0.1, 0.15) is 25.7 Å². The summed E-state index contributed by atoms with van der Waals surface area (Å²) in [6.45, 7) is 3.00. The predicted molar refractivity (Wildman–Crippen MR) is 108 cm³/mol. The van der Waals surface area contributed by atoms with E-state index in [9.17, 15) is 5.11 Å². The van der Waals surface area contributed by atoms with E-state index in [-0.39, 0.29) is 6.10 Å². The summed E-state index contributed by atoms with van der Waals surface area (Å²) >= 11 is 0. The van der Waals surface area contributed by atoms with Gasteiger partial charge in [0.2, 0.25) is 0 Å². The molecule has 4 nitrogen and oxygen atoms in total. The number of aliphatic hydroxyl groups excluding tert-OH is 1. The molecule has 1 aliphatic rings. The van der Waals surface area contributed by atoms with Gasteiger partial charge in [-0.3, -0.25) is 0 Å². The Labute approximate surface area is 163 Å². The first-order chi connectivity index (χ1) is 13.1. The first kappa shape index (κ1) is 20.0. The van der Waals surface area contributed by atoms with Gasteiger partial charge in [-0.15, -0.1) is 0 Å². The van der Waals surface area contributed by atoms with Crippen molar-refractivity contribution in [2.24, 2.45) is 0 Å². The molecule has 4 N–H and O–H groups in total. The van der Waals surface area contributed by atoms with Crippen molar-refractivity contribution in [1.29, 1.82) is 0 Å². The van der Waals surface area contributed by atoms with Crippen molar-refractivity contribution in [3.63, 3.8) is 0 Å². The number of aliphatic hydroxyl groups is 1. The Hall–Kier alpha value is -1.72. The monoisotopic (exact) mass is 370 g/mol. The van der Waals surface area contributed by atoms with E-state index in [4.69, 9.17) is 4.74 Å². The number of hydrogen-bond donors (Lipinski definition) is 3. The highest BCUT2D eigenvalue weighted by Crippen LogP contribution is 2.32. The number of benzene rings is 2. The van der Waals surface area contributed by atoms with E-state index in [1.165, 1.54) is 27.2 Å². The largest absolute Gasteiger partial charge is 0.385 e. The minimum absolute atomic E-state index is 0.135. The van der Waals surface area contributed by atoms with E-state index in [0.717, 1.165) is 32.4 Å². The summed E-state index contributed by atoms with van der Waals surface area (Å²) in [5, 5.41) is 12.5. The zero-order chi connectivity index (χ0) is 19.1. The average Bonchev–Trinajstić information content (AvgIpc) is 2.67. The predicted octanol–water partition coefficient (Wildman–Crippen LogP) is 0.850. The number of fused-ring (bicyclic) bond motifs is 1. The molecule has 0 unspecified atom stereocenters. The summed E-state index contributed by atoms with van der Waals surface area (Å²) in [6.07, 6.45) is 3.05. The number of rotatable bonds is 9. The third-order valence-corrected chi connectivity index (χ3v) is 5.20. The van der Waals surface area contributed by atoms with E-state index in [1.54, 1.807) is 0 Å². The molecule has 0 saturated carbocycles. The highest BCUT2D eigenvalue weighted by Gasteiger charge is 2.21. The molecule has 4 heteroatoms. The molecule has 2 aromatic rings. The lowest BCUT2D eigenvalue weighted by atomic mass is 9.89. The number of ether oxygens (including phenoxy) is 1. The van der Waals surface area contributed by atoms with Gasteiger partial charge < -0.3 is 20.1 Å². The van der Waals surface area contributed by atoms with Crippen LogP contribution in [-0.2, 0) is 24.2 Å². The SMILES string of the molecule is C[NH+](C)Cc1ccc(C[NH2+]C[C@@H](O)CO[C@@H]2CCCc3ccccc32)cc1. The van der Waals surface area contributed by atoms with E-state index in [1.807, 2.05) is 0 Å². The number of nitrogens with two attached hydrogens (primary N) is 1. The Morgan fingerprint density at radius 1 is 1.11 bits per heavy atom. The molecular formula is C23H34N2O2+2. The first-order valence-electron chi connectivity index (χ1n) is 10.2. The molecule has 0 fully saturated rings. The van der Waals surface area contributed by atoms with Crippen molar-refractivity contribution in [2.75, 3.05) is 27.2 Å². The Morgan fingerprint density at radius 3 is 2.63 bits per heavy atom. The summed E-state index contributed by atoms with van der Waals surface area (Å²) in [5.74, 6) is 0. The number of nitrogens with one attached hydrogen (secondary N) is 1. The third-order valence-electron chi connectivity index (χ3n) is 5.20. The zero-order valence-electron chi connectivity index (χ0n) is 16.7. The Balaban J connectivity index is 1.38. The summed E-state index contributed by atoms with van der Waals surface area (Å²) < 4.78 is 6.05. The van der Waals surface area contributed by atoms with Gasteiger partial charge in [0.05, 0.1) is 26.8 Å². The topological polar surface area (TPSA) is 50.5 Å². The van der Waals surface area contributed by atoms with E-state index in [2.05, 4.69) is 67.9 Å². The molecule has 0 bridgehead atoms. The van der Waals surface area contributed by atoms with Crippen LogP contribution >= 0.6 is 0 Å². The van der Waals surface area contributed by atoms with E-state index in [0.29, 0.717) is 13.2 Å². The van der Waals surface area contributed by atoms with Crippen LogP contribution < -0.4 is 10.2 Å². The van der Waals surface area contributed by atoms with Gasteiger partial charge in [-0.1, -0.05) is 48.5 Å². The molecule has 0 saturated heterocycles. The summed E-state index contributed by atoms with van der Waals surface area (Å²) in [7, 11) is 4.33. The second-order valence-corrected chi connectivity index (χ2v) is 8.00. The average molecular weight is 371 g/mol. The number of aryl methyl sites for hydroxylation is 1. The van der Waals surface area contributed by atoms with Crippen LogP contribution in [0.4, 0.5) is 0 Å². The van der Waals surface area contributed by atoms with Crippen molar-refractivity contribution in [3.8, 4) is 0 Å². The van der Waals surface area contributed by atoms with Crippen molar-refractivity contribution in [2.45, 2.75) is 44.6 Å². The smallest absolute Gasteiger partial charge is 0.126 e. The molecule has 3 rings (SSSR count). The Bertz CT molecular complexity index is 700. The van der Waals surface area contributed by atoms with Gasteiger partial charge in [0.15, 0.2) is 0 Å². The third kappa shape index (κ3) is 6.15. The van der Waals surface area contributed by atoms with Gasteiger partial charge in [-0.25, -0.2) is 0 Å². The molecule has 1 aliphatic carbocycles. The molecule has 27 heavy (non-hydrogen) atoms. The summed E-state index contributed by atoms with van der Waals surface area (Å²) in [4.78, 5) is 1.43. The molecule has 146 valence electrons. The van der Waals surface area contributed by atoms with Crippen LogP contribution in [0.5, 0.6) is 0 Å². The van der Waals surface area contributed by atoms with Gasteiger partial charge in [0.25, 0.3) is 0 Å². The van der Waals surface area contributed by atoms with Gasteiger partial charge >= 0.3 is 0 Å². The lowest BCUT2D eigenvalue weighted by Gasteiger charge is -2.26. The Morgan fingerprint density at radius 2 is 1.85 bits per heavy atom. The van der Waals surface area contributed by atoms with Crippen molar-refractivity contribution in [3.05, 3.63) is 70.8 Å². The molecule has 0 aromatic heterocycles. The highest BCUT2D eigenvalue weighted by atomic mass is 16.5. The van der Waals surface area contributed by atoms with Crippen LogP contribution in [0, 0.1) is 0 Å². The van der Waals surface area contributed by atoms with Crippen molar-refractivity contribution < 1.29 is 20.1 Å². The second-order valence-electron chi connectivity index (χ2n) is 8.00. The zero-order valence-corrected chi connectivity index (χ0v) is 16.7. The van der Waals surface area contributed by atoms with Crippen LogP contribution in [0.25, 0.3) is 0 Å². The fraction of sp³-hybridized carbons (Fsp3) is 0.478. The number of quaternary nitrogens is 2. The van der Waals surface area contributed by atoms with E-state index < -0.39 is 6.10 Å². The molecular weight excluding hydrogens is 336 g/mol. The molecule has 0 heterocycles. The van der Waals surface area contributed by atoms with Crippen LogP contribution in [0.15, 0.2) is 48.5 Å². The van der Waals surface area contributed by atoms with Crippen molar-refractivity contribution >= 4 is 0 Å².